The largest absolute Gasteiger partial charge is 0.494 e. The van der Waals surface area contributed by atoms with Crippen LogP contribution in [0.15, 0.2) is 18.2 Å². The van der Waals surface area contributed by atoms with Crippen molar-refractivity contribution >= 4 is 17.6 Å². The van der Waals surface area contributed by atoms with Crippen LogP contribution in [0.4, 0.5) is 5.69 Å². The molecule has 0 aliphatic carbocycles. The predicted octanol–water partition coefficient (Wildman–Crippen LogP) is 1.94. The van der Waals surface area contributed by atoms with Crippen molar-refractivity contribution in [1.82, 2.24) is 4.90 Å². The van der Waals surface area contributed by atoms with Gasteiger partial charge in [-0.05, 0) is 39.3 Å². The molecule has 0 saturated carbocycles. The fraction of sp³-hybridized carbons (Fsp3) is 0.556. The third-order valence-electron chi connectivity index (χ3n) is 3.93. The van der Waals surface area contributed by atoms with Gasteiger partial charge in [0.2, 0.25) is 0 Å². The molecule has 1 heterocycles. The molecule has 1 aliphatic heterocycles. The molecule has 1 aromatic rings. The number of nitro groups is 1. The molecule has 0 aromatic heterocycles. The lowest BCUT2D eigenvalue weighted by Gasteiger charge is -2.35. The van der Waals surface area contributed by atoms with Gasteiger partial charge in [0.1, 0.15) is 5.75 Å². The average molecular weight is 398 g/mol. The Morgan fingerprint density at radius 1 is 1.25 bits per heavy atom. The van der Waals surface area contributed by atoms with Crippen LogP contribution < -0.4 is 4.74 Å². The number of hydrogen-bond acceptors (Lipinski definition) is 7. The summed E-state index contributed by atoms with van der Waals surface area (Å²) < 4.78 is 11.4. The molecule has 0 bridgehead atoms. The van der Waals surface area contributed by atoms with Crippen LogP contribution in [0.2, 0.25) is 0 Å². The van der Waals surface area contributed by atoms with E-state index in [9.17, 15) is 10.1 Å². The van der Waals surface area contributed by atoms with E-state index in [4.69, 9.17) is 29.3 Å². The quantitative estimate of drug-likeness (QED) is 0.318. The van der Waals surface area contributed by atoms with Gasteiger partial charge in [-0.15, -0.1) is 0 Å². The van der Waals surface area contributed by atoms with E-state index < -0.39 is 11.9 Å². The van der Waals surface area contributed by atoms with Gasteiger partial charge in [0, 0.05) is 31.3 Å². The Morgan fingerprint density at radius 2 is 1.82 bits per heavy atom. The van der Waals surface area contributed by atoms with E-state index in [1.807, 2.05) is 0 Å². The third-order valence-corrected chi connectivity index (χ3v) is 3.93. The van der Waals surface area contributed by atoms with Gasteiger partial charge in [-0.1, -0.05) is 0 Å². The first-order chi connectivity index (χ1) is 13.1. The summed E-state index contributed by atoms with van der Waals surface area (Å²) in [6.07, 6.45) is 1.49. The maximum atomic E-state index is 10.8. The van der Waals surface area contributed by atoms with Crippen molar-refractivity contribution < 1.29 is 34.2 Å². The zero-order valence-corrected chi connectivity index (χ0v) is 16.2. The second kappa shape index (κ2) is 11.2. The van der Waals surface area contributed by atoms with Crippen molar-refractivity contribution in [3.63, 3.8) is 0 Å². The molecule has 1 saturated heterocycles. The summed E-state index contributed by atoms with van der Waals surface area (Å²) in [5.74, 6) is -2.96. The van der Waals surface area contributed by atoms with Gasteiger partial charge >= 0.3 is 11.9 Å². The van der Waals surface area contributed by atoms with Crippen LogP contribution in [0.5, 0.6) is 5.75 Å². The predicted molar refractivity (Wildman–Crippen MR) is 99.7 cm³/mol. The first kappa shape index (κ1) is 23.3. The highest BCUT2D eigenvalue weighted by Gasteiger charge is 2.21. The number of aliphatic carboxylic acids is 2. The normalized spacial score (nSPS) is 19.2. The zero-order valence-electron chi connectivity index (χ0n) is 16.2. The van der Waals surface area contributed by atoms with Crippen LogP contribution in [-0.4, -0.2) is 70.4 Å². The van der Waals surface area contributed by atoms with E-state index in [0.29, 0.717) is 17.9 Å². The summed E-state index contributed by atoms with van der Waals surface area (Å²) in [7, 11) is 0. The van der Waals surface area contributed by atoms with Gasteiger partial charge in [-0.3, -0.25) is 15.0 Å². The molecule has 28 heavy (non-hydrogen) atoms. The smallest absolute Gasteiger partial charge is 0.414 e. The SMILES string of the molecule is Cc1cc(OCCCN2CC(C)OC(C)C2)ccc1[N+](=O)[O-].O=C(O)C(=O)O. The molecule has 0 radical (unpaired) electrons. The second-order valence-electron chi connectivity index (χ2n) is 6.53. The Morgan fingerprint density at radius 3 is 2.29 bits per heavy atom. The number of carboxylic acids is 2. The Balaban J connectivity index is 0.000000568. The van der Waals surface area contributed by atoms with Crippen molar-refractivity contribution in [2.24, 2.45) is 0 Å². The molecule has 2 atom stereocenters. The maximum Gasteiger partial charge on any atom is 0.414 e. The number of nitro benzene ring substituents is 1. The van der Waals surface area contributed by atoms with Crippen LogP contribution in [-0.2, 0) is 14.3 Å². The van der Waals surface area contributed by atoms with Crippen molar-refractivity contribution in [3.05, 3.63) is 33.9 Å². The lowest BCUT2D eigenvalue weighted by atomic mass is 10.2. The number of carboxylic acid groups (broad SMARTS) is 2. The minimum atomic E-state index is -1.82. The van der Waals surface area contributed by atoms with E-state index in [0.717, 1.165) is 26.1 Å². The molecule has 2 unspecified atom stereocenters. The van der Waals surface area contributed by atoms with E-state index in [1.54, 1.807) is 19.1 Å². The Kier molecular flexibility index (Phi) is 9.33. The summed E-state index contributed by atoms with van der Waals surface area (Å²) in [5, 5.41) is 25.6. The number of carbonyl (C=O) groups is 2. The zero-order chi connectivity index (χ0) is 21.3. The molecular formula is C18H26N2O8. The molecule has 1 fully saturated rings. The second-order valence-corrected chi connectivity index (χ2v) is 6.53. The number of benzene rings is 1. The van der Waals surface area contributed by atoms with Gasteiger partial charge in [0.05, 0.1) is 23.7 Å². The summed E-state index contributed by atoms with van der Waals surface area (Å²) >= 11 is 0. The monoisotopic (exact) mass is 398 g/mol. The molecular weight excluding hydrogens is 372 g/mol. The van der Waals surface area contributed by atoms with Crippen molar-refractivity contribution in [1.29, 1.82) is 0 Å². The molecule has 10 heteroatoms. The fourth-order valence-electron chi connectivity index (χ4n) is 2.87. The van der Waals surface area contributed by atoms with Gasteiger partial charge in [0.15, 0.2) is 0 Å². The number of ether oxygens (including phenoxy) is 2. The molecule has 2 N–H and O–H groups in total. The summed E-state index contributed by atoms with van der Waals surface area (Å²) in [6, 6.07) is 4.87. The van der Waals surface area contributed by atoms with Gasteiger partial charge in [0.25, 0.3) is 5.69 Å². The first-order valence-corrected chi connectivity index (χ1v) is 8.82. The van der Waals surface area contributed by atoms with Crippen LogP contribution in [0.25, 0.3) is 0 Å². The number of aryl methyl sites for hydroxylation is 1. The van der Waals surface area contributed by atoms with Gasteiger partial charge < -0.3 is 19.7 Å². The lowest BCUT2D eigenvalue weighted by molar-refractivity contribution is -0.385. The van der Waals surface area contributed by atoms with E-state index in [1.165, 1.54) is 6.07 Å². The minimum Gasteiger partial charge on any atom is -0.494 e. The third kappa shape index (κ3) is 8.31. The summed E-state index contributed by atoms with van der Waals surface area (Å²) in [5.41, 5.74) is 0.752. The minimum absolute atomic E-state index is 0.128. The highest BCUT2D eigenvalue weighted by molar-refractivity contribution is 6.27. The van der Waals surface area contributed by atoms with E-state index >= 15 is 0 Å². The summed E-state index contributed by atoms with van der Waals surface area (Å²) in [4.78, 5) is 31.0. The van der Waals surface area contributed by atoms with Crippen LogP contribution in [0.1, 0.15) is 25.8 Å². The Hall–Kier alpha value is -2.72. The van der Waals surface area contributed by atoms with Gasteiger partial charge in [-0.25, -0.2) is 9.59 Å². The number of rotatable bonds is 6. The maximum absolute atomic E-state index is 10.8. The van der Waals surface area contributed by atoms with E-state index in [-0.39, 0.29) is 22.8 Å². The van der Waals surface area contributed by atoms with Gasteiger partial charge in [-0.2, -0.15) is 0 Å². The number of morpholine rings is 1. The van der Waals surface area contributed by atoms with Crippen molar-refractivity contribution in [3.8, 4) is 5.75 Å². The molecule has 2 rings (SSSR count). The number of nitrogens with zero attached hydrogens (tertiary/aromatic N) is 2. The molecule has 0 amide bonds. The standard InChI is InChI=1S/C16H24N2O4.C2H2O4/c1-12-9-15(5-6-16(12)18(19)20)21-8-4-7-17-10-13(2)22-14(3)11-17;3-1(4)2(5)6/h5-6,9,13-14H,4,7-8,10-11H2,1-3H3;(H,3,4)(H,5,6). The Labute approximate surface area is 162 Å². The summed E-state index contributed by atoms with van der Waals surface area (Å²) in [6.45, 7) is 9.42. The Bertz CT molecular complexity index is 672. The van der Waals surface area contributed by atoms with E-state index in [2.05, 4.69) is 18.7 Å². The first-order valence-electron chi connectivity index (χ1n) is 8.82. The molecule has 0 spiro atoms. The molecule has 1 aromatic carbocycles. The average Bonchev–Trinajstić information content (AvgIpc) is 2.58. The lowest BCUT2D eigenvalue weighted by Crippen LogP contribution is -2.45. The molecule has 156 valence electrons. The van der Waals surface area contributed by atoms with Crippen molar-refractivity contribution in [2.75, 3.05) is 26.2 Å². The topological polar surface area (TPSA) is 139 Å². The highest BCUT2D eigenvalue weighted by atomic mass is 16.6. The molecule has 1 aliphatic rings. The molecule has 10 nitrogen and oxygen atoms in total. The fourth-order valence-corrected chi connectivity index (χ4v) is 2.87. The van der Waals surface area contributed by atoms with Crippen LogP contribution in [0, 0.1) is 17.0 Å². The van der Waals surface area contributed by atoms with Crippen molar-refractivity contribution in [2.45, 2.75) is 39.4 Å². The van der Waals surface area contributed by atoms with Crippen LogP contribution in [0.3, 0.4) is 0 Å². The highest BCUT2D eigenvalue weighted by Crippen LogP contribution is 2.23. The number of hydrogen-bond donors (Lipinski definition) is 2. The van der Waals surface area contributed by atoms with Crippen LogP contribution >= 0.6 is 0 Å².